The highest BCUT2D eigenvalue weighted by Gasteiger charge is 2.21. The molecule has 2 heterocycles. The Morgan fingerprint density at radius 1 is 1.52 bits per heavy atom. The highest BCUT2D eigenvalue weighted by Crippen LogP contribution is 2.21. The van der Waals surface area contributed by atoms with Crippen molar-refractivity contribution >= 4 is 29.1 Å². The Morgan fingerprint density at radius 3 is 3.05 bits per heavy atom. The van der Waals surface area contributed by atoms with E-state index in [0.717, 1.165) is 54.5 Å². The fraction of sp³-hybridized carbons (Fsp3) is 0.733. The normalized spacial score (nSPS) is 19.9. The maximum Gasteiger partial charge on any atom is 0.193 e. The van der Waals surface area contributed by atoms with Crippen LogP contribution in [0.15, 0.2) is 10.4 Å². The number of aromatic nitrogens is 1. The van der Waals surface area contributed by atoms with Gasteiger partial charge in [0, 0.05) is 49.0 Å². The molecule has 1 aromatic rings. The Labute approximate surface area is 136 Å². The molecule has 0 bridgehead atoms. The van der Waals surface area contributed by atoms with E-state index in [1.807, 2.05) is 0 Å². The molecular formula is C15H26N4S2. The van der Waals surface area contributed by atoms with Crippen molar-refractivity contribution in [2.45, 2.75) is 38.9 Å². The second kappa shape index (κ2) is 8.63. The summed E-state index contributed by atoms with van der Waals surface area (Å²) in [6.45, 7) is 10.4. The van der Waals surface area contributed by atoms with Crippen molar-refractivity contribution < 1.29 is 0 Å². The van der Waals surface area contributed by atoms with Crippen molar-refractivity contribution in [3.8, 4) is 0 Å². The maximum absolute atomic E-state index is 4.80. The van der Waals surface area contributed by atoms with E-state index in [2.05, 4.69) is 53.1 Å². The van der Waals surface area contributed by atoms with E-state index in [0.29, 0.717) is 0 Å². The first-order valence-corrected chi connectivity index (χ1v) is 9.71. The first kappa shape index (κ1) is 16.6. The zero-order chi connectivity index (χ0) is 15.1. The van der Waals surface area contributed by atoms with Gasteiger partial charge in [0.25, 0.3) is 0 Å². The zero-order valence-corrected chi connectivity index (χ0v) is 14.9. The highest BCUT2D eigenvalue weighted by atomic mass is 32.2. The number of aliphatic imine (C=N–C) groups is 1. The Morgan fingerprint density at radius 2 is 2.38 bits per heavy atom. The molecule has 1 aliphatic heterocycles. The molecule has 0 spiro atoms. The maximum atomic E-state index is 4.80. The van der Waals surface area contributed by atoms with Crippen LogP contribution in [0.1, 0.15) is 31.0 Å². The Balaban J connectivity index is 1.91. The number of thiazole rings is 1. The van der Waals surface area contributed by atoms with Crippen LogP contribution in [0.4, 0.5) is 0 Å². The molecule has 21 heavy (non-hydrogen) atoms. The minimum Gasteiger partial charge on any atom is -0.357 e. The summed E-state index contributed by atoms with van der Waals surface area (Å²) in [6.07, 6.45) is 2.16. The summed E-state index contributed by atoms with van der Waals surface area (Å²) in [7, 11) is 0. The van der Waals surface area contributed by atoms with Crippen molar-refractivity contribution in [2.24, 2.45) is 4.99 Å². The molecule has 1 atom stereocenters. The molecular weight excluding hydrogens is 300 g/mol. The molecule has 1 saturated heterocycles. The van der Waals surface area contributed by atoms with Gasteiger partial charge in [0.1, 0.15) is 0 Å². The van der Waals surface area contributed by atoms with E-state index < -0.39 is 0 Å². The van der Waals surface area contributed by atoms with E-state index in [1.54, 1.807) is 11.3 Å². The van der Waals surface area contributed by atoms with Gasteiger partial charge >= 0.3 is 0 Å². The SMILES string of the molecule is CCNC(=NCCc1csc(C)n1)N1CCSC(CC)C1. The van der Waals surface area contributed by atoms with Gasteiger partial charge in [-0.15, -0.1) is 11.3 Å². The summed E-state index contributed by atoms with van der Waals surface area (Å²) in [4.78, 5) is 11.7. The van der Waals surface area contributed by atoms with E-state index >= 15 is 0 Å². The van der Waals surface area contributed by atoms with Crippen molar-refractivity contribution in [3.63, 3.8) is 0 Å². The molecule has 0 aliphatic carbocycles. The highest BCUT2D eigenvalue weighted by molar-refractivity contribution is 8.00. The van der Waals surface area contributed by atoms with Crippen LogP contribution in [0, 0.1) is 6.92 Å². The summed E-state index contributed by atoms with van der Waals surface area (Å²) in [5, 5.41) is 7.46. The van der Waals surface area contributed by atoms with Gasteiger partial charge in [0.2, 0.25) is 0 Å². The minimum atomic E-state index is 0.740. The molecule has 118 valence electrons. The van der Waals surface area contributed by atoms with E-state index in [-0.39, 0.29) is 0 Å². The first-order valence-electron chi connectivity index (χ1n) is 7.78. The van der Waals surface area contributed by atoms with Crippen LogP contribution in [0.3, 0.4) is 0 Å². The van der Waals surface area contributed by atoms with Gasteiger partial charge in [-0.05, 0) is 20.3 Å². The van der Waals surface area contributed by atoms with E-state index in [9.17, 15) is 0 Å². The molecule has 0 amide bonds. The zero-order valence-electron chi connectivity index (χ0n) is 13.3. The average Bonchev–Trinajstić information content (AvgIpc) is 2.92. The van der Waals surface area contributed by atoms with Crippen LogP contribution in [0.5, 0.6) is 0 Å². The van der Waals surface area contributed by atoms with Crippen LogP contribution in [0.25, 0.3) is 0 Å². The van der Waals surface area contributed by atoms with Gasteiger partial charge in [-0.1, -0.05) is 6.92 Å². The molecule has 2 rings (SSSR count). The second-order valence-electron chi connectivity index (χ2n) is 5.19. The summed E-state index contributed by atoms with van der Waals surface area (Å²) in [5.41, 5.74) is 1.16. The smallest absolute Gasteiger partial charge is 0.193 e. The molecule has 1 aliphatic rings. The van der Waals surface area contributed by atoms with Crippen molar-refractivity contribution in [1.82, 2.24) is 15.2 Å². The van der Waals surface area contributed by atoms with E-state index in [1.165, 1.54) is 12.2 Å². The number of hydrogen-bond donors (Lipinski definition) is 1. The second-order valence-corrected chi connectivity index (χ2v) is 7.66. The molecule has 4 nitrogen and oxygen atoms in total. The van der Waals surface area contributed by atoms with Crippen LogP contribution >= 0.6 is 23.1 Å². The van der Waals surface area contributed by atoms with Crippen LogP contribution < -0.4 is 5.32 Å². The summed E-state index contributed by atoms with van der Waals surface area (Å²) >= 11 is 3.81. The van der Waals surface area contributed by atoms with Crippen LogP contribution in [-0.2, 0) is 6.42 Å². The van der Waals surface area contributed by atoms with Gasteiger partial charge in [0.05, 0.1) is 10.7 Å². The predicted octanol–water partition coefficient (Wildman–Crippen LogP) is 2.79. The van der Waals surface area contributed by atoms with Gasteiger partial charge < -0.3 is 10.2 Å². The molecule has 1 N–H and O–H groups in total. The standard InChI is InChI=1S/C15H26N4S2/c1-4-14-10-19(8-9-20-14)15(16-5-2)17-7-6-13-11-21-12(3)18-13/h11,14H,4-10H2,1-3H3,(H,16,17). The van der Waals surface area contributed by atoms with Crippen molar-refractivity contribution in [2.75, 3.05) is 31.9 Å². The topological polar surface area (TPSA) is 40.5 Å². The number of hydrogen-bond acceptors (Lipinski definition) is 4. The third-order valence-electron chi connectivity index (χ3n) is 3.52. The van der Waals surface area contributed by atoms with Crippen molar-refractivity contribution in [1.29, 1.82) is 0 Å². The lowest BCUT2D eigenvalue weighted by molar-refractivity contribution is 0.408. The van der Waals surface area contributed by atoms with Gasteiger partial charge in [-0.25, -0.2) is 4.98 Å². The van der Waals surface area contributed by atoms with Crippen molar-refractivity contribution in [3.05, 3.63) is 16.1 Å². The fourth-order valence-corrected chi connectivity index (χ4v) is 4.21. The lowest BCUT2D eigenvalue weighted by Gasteiger charge is -2.34. The van der Waals surface area contributed by atoms with E-state index in [4.69, 9.17) is 4.99 Å². The van der Waals surface area contributed by atoms with Crippen LogP contribution in [-0.4, -0.2) is 53.0 Å². The third kappa shape index (κ3) is 5.18. The third-order valence-corrected chi connectivity index (χ3v) is 5.72. The number of guanidine groups is 1. The van der Waals surface area contributed by atoms with Gasteiger partial charge in [-0.3, -0.25) is 4.99 Å². The van der Waals surface area contributed by atoms with Crippen LogP contribution in [0.2, 0.25) is 0 Å². The fourth-order valence-electron chi connectivity index (χ4n) is 2.38. The molecule has 0 radical (unpaired) electrons. The molecule has 0 saturated carbocycles. The molecule has 1 fully saturated rings. The summed E-state index contributed by atoms with van der Waals surface area (Å²) < 4.78 is 0. The number of nitrogens with one attached hydrogen (secondary N) is 1. The Hall–Kier alpha value is -0.750. The van der Waals surface area contributed by atoms with Gasteiger partial charge in [0.15, 0.2) is 5.96 Å². The molecule has 1 aromatic heterocycles. The predicted molar refractivity (Wildman–Crippen MR) is 94.6 cm³/mol. The summed E-state index contributed by atoms with van der Waals surface area (Å²) in [6, 6.07) is 0. The number of nitrogens with zero attached hydrogens (tertiary/aromatic N) is 3. The first-order chi connectivity index (χ1) is 10.2. The summed E-state index contributed by atoms with van der Waals surface area (Å²) in [5.74, 6) is 2.27. The van der Waals surface area contributed by atoms with Gasteiger partial charge in [-0.2, -0.15) is 11.8 Å². The lowest BCUT2D eigenvalue weighted by atomic mass is 10.3. The molecule has 6 heteroatoms. The molecule has 0 aromatic carbocycles. The monoisotopic (exact) mass is 326 g/mol. The molecule has 1 unspecified atom stereocenters. The minimum absolute atomic E-state index is 0.740. The average molecular weight is 327 g/mol. The number of thioether (sulfide) groups is 1. The largest absolute Gasteiger partial charge is 0.357 e. The number of aryl methyl sites for hydroxylation is 1. The Kier molecular flexibility index (Phi) is 6.83. The quantitative estimate of drug-likeness (QED) is 0.667. The number of rotatable bonds is 5. The lowest BCUT2D eigenvalue weighted by Crippen LogP contribution is -2.48. The Bertz CT molecular complexity index is 458.